The molecular formula is C12H18BrN3OSi. The first kappa shape index (κ1) is 13.7. The van der Waals surface area contributed by atoms with E-state index in [9.17, 15) is 0 Å². The van der Waals surface area contributed by atoms with Gasteiger partial charge < -0.3 is 4.74 Å². The van der Waals surface area contributed by atoms with Crippen LogP contribution < -0.4 is 0 Å². The number of aromatic nitrogens is 3. The molecule has 18 heavy (non-hydrogen) atoms. The van der Waals surface area contributed by atoms with E-state index in [-0.39, 0.29) is 0 Å². The van der Waals surface area contributed by atoms with Crippen LogP contribution in [0.3, 0.4) is 0 Å². The summed E-state index contributed by atoms with van der Waals surface area (Å²) in [6, 6.07) is 3.12. The number of pyridine rings is 1. The van der Waals surface area contributed by atoms with Gasteiger partial charge in [-0.1, -0.05) is 19.6 Å². The summed E-state index contributed by atoms with van der Waals surface area (Å²) in [5.74, 6) is 0. The fraction of sp³-hybridized carbons (Fsp3) is 0.500. The van der Waals surface area contributed by atoms with Crippen LogP contribution in [0.25, 0.3) is 10.9 Å². The van der Waals surface area contributed by atoms with Crippen molar-refractivity contribution in [3.8, 4) is 0 Å². The second-order valence-electron chi connectivity index (χ2n) is 5.53. The summed E-state index contributed by atoms with van der Waals surface area (Å²) < 4.78 is 8.39. The van der Waals surface area contributed by atoms with Gasteiger partial charge in [-0.2, -0.15) is 5.10 Å². The monoisotopic (exact) mass is 327 g/mol. The maximum absolute atomic E-state index is 5.70. The lowest BCUT2D eigenvalue weighted by molar-refractivity contribution is 0.0814. The molecule has 0 aromatic carbocycles. The topological polar surface area (TPSA) is 39.9 Å². The Kier molecular flexibility index (Phi) is 4.19. The zero-order valence-electron chi connectivity index (χ0n) is 11.0. The predicted octanol–water partition coefficient (Wildman–Crippen LogP) is 3.51. The molecule has 6 heteroatoms. The van der Waals surface area contributed by atoms with Crippen molar-refractivity contribution < 1.29 is 4.74 Å². The van der Waals surface area contributed by atoms with Crippen molar-refractivity contribution >= 4 is 34.9 Å². The van der Waals surface area contributed by atoms with Crippen LogP contribution in [0.4, 0.5) is 0 Å². The van der Waals surface area contributed by atoms with E-state index in [1.54, 1.807) is 6.20 Å². The van der Waals surface area contributed by atoms with E-state index >= 15 is 0 Å². The minimum atomic E-state index is -1.02. The summed E-state index contributed by atoms with van der Waals surface area (Å²) >= 11 is 3.45. The van der Waals surface area contributed by atoms with Gasteiger partial charge in [-0.15, -0.1) is 0 Å². The molecule has 0 unspecified atom stereocenters. The maximum Gasteiger partial charge on any atom is 0.140 e. The van der Waals surface area contributed by atoms with Crippen LogP contribution in [0.15, 0.2) is 23.1 Å². The number of fused-ring (bicyclic) bond motifs is 1. The second kappa shape index (κ2) is 5.50. The minimum Gasteiger partial charge on any atom is -0.360 e. The van der Waals surface area contributed by atoms with Crippen LogP contribution >= 0.6 is 15.9 Å². The molecule has 2 rings (SSSR count). The molecule has 4 nitrogen and oxygen atoms in total. The average Bonchev–Trinajstić information content (AvgIpc) is 2.62. The van der Waals surface area contributed by atoms with Crippen molar-refractivity contribution in [2.45, 2.75) is 32.4 Å². The Labute approximate surface area is 116 Å². The first-order valence-corrected chi connectivity index (χ1v) is 10.5. The van der Waals surface area contributed by atoms with Crippen LogP contribution in [-0.4, -0.2) is 29.4 Å². The molecule has 0 amide bonds. The highest BCUT2D eigenvalue weighted by atomic mass is 79.9. The molecule has 2 aromatic heterocycles. The van der Waals surface area contributed by atoms with Crippen molar-refractivity contribution in [1.82, 2.24) is 14.8 Å². The minimum absolute atomic E-state index is 0.484. The van der Waals surface area contributed by atoms with E-state index < -0.39 is 8.07 Å². The molecule has 0 aliphatic heterocycles. The fourth-order valence-corrected chi connectivity index (χ4v) is 2.89. The van der Waals surface area contributed by atoms with Crippen molar-refractivity contribution in [2.24, 2.45) is 0 Å². The summed E-state index contributed by atoms with van der Waals surface area (Å²) in [5, 5.41) is 5.47. The Morgan fingerprint density at radius 1 is 1.39 bits per heavy atom. The van der Waals surface area contributed by atoms with Gasteiger partial charge in [0.2, 0.25) is 0 Å². The Morgan fingerprint density at radius 3 is 2.89 bits per heavy atom. The molecule has 0 radical (unpaired) electrons. The van der Waals surface area contributed by atoms with Crippen LogP contribution in [0.1, 0.15) is 0 Å². The van der Waals surface area contributed by atoms with E-state index in [0.29, 0.717) is 6.73 Å². The summed E-state index contributed by atoms with van der Waals surface area (Å²) in [4.78, 5) is 4.12. The third-order valence-electron chi connectivity index (χ3n) is 2.72. The van der Waals surface area contributed by atoms with Gasteiger partial charge in [0, 0.05) is 26.3 Å². The molecule has 0 saturated carbocycles. The highest BCUT2D eigenvalue weighted by Gasteiger charge is 2.13. The Hall–Kier alpha value is -0.723. The quantitative estimate of drug-likeness (QED) is 0.623. The summed E-state index contributed by atoms with van der Waals surface area (Å²) in [7, 11) is -1.02. The molecule has 0 bridgehead atoms. The first-order chi connectivity index (χ1) is 8.47. The van der Waals surface area contributed by atoms with E-state index in [0.717, 1.165) is 22.1 Å². The molecule has 0 atom stereocenters. The average molecular weight is 328 g/mol. The lowest BCUT2D eigenvalue weighted by Gasteiger charge is -2.15. The van der Waals surface area contributed by atoms with Crippen molar-refractivity contribution in [1.29, 1.82) is 0 Å². The fourth-order valence-electron chi connectivity index (χ4n) is 1.61. The molecule has 98 valence electrons. The molecule has 0 aliphatic carbocycles. The molecular weight excluding hydrogens is 310 g/mol. The molecule has 2 aromatic rings. The largest absolute Gasteiger partial charge is 0.360 e. The van der Waals surface area contributed by atoms with Gasteiger partial charge in [-0.05, 0) is 28.0 Å². The number of nitrogens with zero attached hydrogens (tertiary/aromatic N) is 3. The zero-order chi connectivity index (χ0) is 13.2. The Morgan fingerprint density at radius 2 is 2.17 bits per heavy atom. The summed E-state index contributed by atoms with van der Waals surface area (Å²) in [6.45, 7) is 8.33. The standard InChI is InChI=1S/C12H18BrN3OSi/c1-18(2,3)7-6-17-9-16-11-8-14-5-4-10(11)12(13)15-16/h4-5,8H,6-7,9H2,1-3H3. The highest BCUT2D eigenvalue weighted by molar-refractivity contribution is 9.10. The Bertz CT molecular complexity index is 536. The van der Waals surface area contributed by atoms with Gasteiger partial charge in [0.1, 0.15) is 11.3 Å². The third kappa shape index (κ3) is 3.40. The molecule has 0 fully saturated rings. The highest BCUT2D eigenvalue weighted by Crippen LogP contribution is 2.21. The smallest absolute Gasteiger partial charge is 0.140 e. The number of hydrogen-bond acceptors (Lipinski definition) is 3. The molecule has 0 saturated heterocycles. The van der Waals surface area contributed by atoms with Gasteiger partial charge in [0.15, 0.2) is 0 Å². The van der Waals surface area contributed by atoms with Gasteiger partial charge in [-0.3, -0.25) is 4.98 Å². The first-order valence-electron chi connectivity index (χ1n) is 6.01. The lowest BCUT2D eigenvalue weighted by atomic mass is 10.3. The van der Waals surface area contributed by atoms with Crippen LogP contribution in [0.2, 0.25) is 25.7 Å². The lowest BCUT2D eigenvalue weighted by Crippen LogP contribution is -2.22. The molecule has 0 aliphatic rings. The van der Waals surface area contributed by atoms with Crippen molar-refractivity contribution in [3.63, 3.8) is 0 Å². The zero-order valence-corrected chi connectivity index (χ0v) is 13.6. The van der Waals surface area contributed by atoms with Crippen LogP contribution in [0, 0.1) is 0 Å². The predicted molar refractivity (Wildman–Crippen MR) is 79.3 cm³/mol. The van der Waals surface area contributed by atoms with Gasteiger partial charge >= 0.3 is 0 Å². The normalized spacial score (nSPS) is 12.2. The van der Waals surface area contributed by atoms with E-state index in [4.69, 9.17) is 4.74 Å². The van der Waals surface area contributed by atoms with E-state index in [1.165, 1.54) is 6.04 Å². The number of rotatable bonds is 5. The third-order valence-corrected chi connectivity index (χ3v) is 5.01. The van der Waals surface area contributed by atoms with Crippen molar-refractivity contribution in [3.05, 3.63) is 23.1 Å². The van der Waals surface area contributed by atoms with Crippen LogP contribution in [-0.2, 0) is 11.5 Å². The van der Waals surface area contributed by atoms with Crippen LogP contribution in [0.5, 0.6) is 0 Å². The second-order valence-corrected chi connectivity index (χ2v) is 11.9. The summed E-state index contributed by atoms with van der Waals surface area (Å²) in [5.41, 5.74) is 0.998. The maximum atomic E-state index is 5.70. The van der Waals surface area contributed by atoms with Gasteiger partial charge in [0.05, 0.1) is 11.7 Å². The van der Waals surface area contributed by atoms with Gasteiger partial charge in [-0.25, -0.2) is 4.68 Å². The van der Waals surface area contributed by atoms with Crippen molar-refractivity contribution in [2.75, 3.05) is 6.61 Å². The SMILES string of the molecule is C[Si](C)(C)CCOCn1nc(Br)c2ccncc21. The van der Waals surface area contributed by atoms with E-state index in [2.05, 4.69) is 45.7 Å². The molecule has 0 spiro atoms. The number of halogens is 1. The molecule has 0 N–H and O–H groups in total. The number of hydrogen-bond donors (Lipinski definition) is 0. The number of ether oxygens (including phenoxy) is 1. The van der Waals surface area contributed by atoms with Gasteiger partial charge in [0.25, 0.3) is 0 Å². The molecule has 2 heterocycles. The summed E-state index contributed by atoms with van der Waals surface area (Å²) in [6.07, 6.45) is 3.58. The van der Waals surface area contributed by atoms with E-state index in [1.807, 2.05) is 16.9 Å². The Balaban J connectivity index is 2.00.